The maximum Gasteiger partial charge on any atom is 0.352 e. The van der Waals surface area contributed by atoms with Gasteiger partial charge in [-0.15, -0.1) is 6.58 Å². The number of carbonyl (C=O) groups is 2. The van der Waals surface area contributed by atoms with Crippen LogP contribution in [0.5, 0.6) is 0 Å². The maximum absolute atomic E-state index is 12.3. The molecule has 0 radical (unpaired) electrons. The lowest BCUT2D eigenvalue weighted by Gasteiger charge is -2.16. The van der Waals surface area contributed by atoms with Gasteiger partial charge in [0, 0.05) is 12.0 Å². The Hall–Kier alpha value is -2.95. The molecule has 1 aliphatic rings. The van der Waals surface area contributed by atoms with Gasteiger partial charge >= 0.3 is 11.9 Å². The minimum Gasteiger partial charge on any atom is -0.467 e. The fraction of sp³-hybridized carbons (Fsp3) is 0.167. The van der Waals surface area contributed by atoms with Crippen molar-refractivity contribution >= 4 is 28.6 Å². The van der Waals surface area contributed by atoms with E-state index in [2.05, 4.69) is 11.6 Å². The first-order valence-electron chi connectivity index (χ1n) is 7.12. The van der Waals surface area contributed by atoms with Crippen molar-refractivity contribution in [1.29, 1.82) is 0 Å². The van der Waals surface area contributed by atoms with Gasteiger partial charge in [0.25, 0.3) is 5.54 Å². The summed E-state index contributed by atoms with van der Waals surface area (Å²) in [6, 6.07) is 13.3. The van der Waals surface area contributed by atoms with E-state index in [0.29, 0.717) is 5.56 Å². The van der Waals surface area contributed by atoms with Gasteiger partial charge in [0.1, 0.15) is 0 Å². The number of rotatable bonds is 4. The quantitative estimate of drug-likeness (QED) is 0.495. The molecule has 0 fully saturated rings. The summed E-state index contributed by atoms with van der Waals surface area (Å²) in [7, 11) is 1.21. The average molecular weight is 309 g/mol. The predicted molar refractivity (Wildman–Crippen MR) is 86.1 cm³/mol. The lowest BCUT2D eigenvalue weighted by molar-refractivity contribution is -0.155. The molecule has 0 N–H and O–H groups in total. The van der Waals surface area contributed by atoms with E-state index in [1.165, 1.54) is 13.2 Å². The molecule has 1 atom stereocenters. The van der Waals surface area contributed by atoms with Crippen molar-refractivity contribution in [2.75, 3.05) is 7.11 Å². The topological polar surface area (TPSA) is 65.0 Å². The summed E-state index contributed by atoms with van der Waals surface area (Å²) in [5.74, 6) is -1.37. The van der Waals surface area contributed by atoms with Gasteiger partial charge in [-0.1, -0.05) is 42.5 Å². The predicted octanol–water partition coefficient (Wildman–Crippen LogP) is 2.63. The monoisotopic (exact) mass is 309 g/mol. The van der Waals surface area contributed by atoms with Crippen LogP contribution in [0.3, 0.4) is 0 Å². The van der Waals surface area contributed by atoms with Crippen LogP contribution in [-0.2, 0) is 19.1 Å². The van der Waals surface area contributed by atoms with Crippen molar-refractivity contribution in [3.63, 3.8) is 0 Å². The van der Waals surface area contributed by atoms with Gasteiger partial charge in [0.05, 0.1) is 7.11 Å². The average Bonchev–Trinajstić information content (AvgIpc) is 2.91. The number of cyclic esters (lactones) is 1. The highest BCUT2D eigenvalue weighted by Gasteiger charge is 2.53. The highest BCUT2D eigenvalue weighted by Crippen LogP contribution is 2.30. The highest BCUT2D eigenvalue weighted by atomic mass is 16.6. The molecular weight excluding hydrogens is 294 g/mol. The van der Waals surface area contributed by atoms with Crippen molar-refractivity contribution in [2.24, 2.45) is 4.99 Å². The highest BCUT2D eigenvalue weighted by molar-refractivity contribution is 6.20. The molecule has 1 heterocycles. The van der Waals surface area contributed by atoms with E-state index < -0.39 is 17.5 Å². The molecule has 5 heteroatoms. The molecule has 1 unspecified atom stereocenters. The second-order valence-electron chi connectivity index (χ2n) is 5.18. The molecule has 0 saturated heterocycles. The fourth-order valence-corrected chi connectivity index (χ4v) is 2.66. The zero-order valence-electron chi connectivity index (χ0n) is 12.6. The molecule has 0 aliphatic carbocycles. The number of hydrogen-bond donors (Lipinski definition) is 0. The minimum absolute atomic E-state index is 0.0206. The molecular formula is C18H15NO4. The number of ether oxygens (including phenoxy) is 2. The molecule has 0 saturated carbocycles. The normalized spacial score (nSPS) is 20.0. The zero-order valence-corrected chi connectivity index (χ0v) is 12.6. The first-order chi connectivity index (χ1) is 11.1. The van der Waals surface area contributed by atoms with E-state index in [1.807, 2.05) is 36.4 Å². The number of nitrogens with zero attached hydrogens (tertiary/aromatic N) is 1. The summed E-state index contributed by atoms with van der Waals surface area (Å²) in [6.45, 7) is 3.58. The molecule has 0 amide bonds. The third kappa shape index (κ3) is 2.30. The molecule has 2 aromatic rings. The second-order valence-corrected chi connectivity index (χ2v) is 5.18. The van der Waals surface area contributed by atoms with Crippen LogP contribution in [0.15, 0.2) is 60.1 Å². The van der Waals surface area contributed by atoms with Crippen LogP contribution in [0.25, 0.3) is 10.8 Å². The van der Waals surface area contributed by atoms with Gasteiger partial charge in [-0.25, -0.2) is 14.6 Å². The Morgan fingerprint density at radius 3 is 2.78 bits per heavy atom. The molecule has 3 rings (SSSR count). The van der Waals surface area contributed by atoms with Crippen LogP contribution in [0, 0.1) is 0 Å². The molecule has 0 bridgehead atoms. The number of hydrogen-bond acceptors (Lipinski definition) is 5. The molecule has 5 nitrogen and oxygen atoms in total. The summed E-state index contributed by atoms with van der Waals surface area (Å²) in [5.41, 5.74) is -1.05. The Morgan fingerprint density at radius 1 is 1.30 bits per heavy atom. The van der Waals surface area contributed by atoms with Crippen LogP contribution in [0.2, 0.25) is 0 Å². The lowest BCUT2D eigenvalue weighted by Crippen LogP contribution is -2.43. The Kier molecular flexibility index (Phi) is 3.70. The van der Waals surface area contributed by atoms with Crippen molar-refractivity contribution in [1.82, 2.24) is 0 Å². The number of methoxy groups -OCH3 is 1. The summed E-state index contributed by atoms with van der Waals surface area (Å²) in [6.07, 6.45) is 1.47. The molecule has 23 heavy (non-hydrogen) atoms. The van der Waals surface area contributed by atoms with Crippen LogP contribution in [-0.4, -0.2) is 30.5 Å². The maximum atomic E-state index is 12.3. The lowest BCUT2D eigenvalue weighted by atomic mass is 9.97. The minimum atomic E-state index is -1.71. The Labute approximate surface area is 133 Å². The SMILES string of the molecule is C=CCC1(C(=O)OC)N=C(c2cccc3ccccc23)OC1=O. The van der Waals surface area contributed by atoms with Crippen molar-refractivity contribution in [3.8, 4) is 0 Å². The van der Waals surface area contributed by atoms with Gasteiger partial charge in [-0.2, -0.15) is 0 Å². The zero-order chi connectivity index (χ0) is 16.4. The summed E-state index contributed by atoms with van der Waals surface area (Å²) >= 11 is 0. The number of fused-ring (bicyclic) bond motifs is 1. The molecule has 2 aromatic carbocycles. The smallest absolute Gasteiger partial charge is 0.352 e. The third-order valence-corrected chi connectivity index (χ3v) is 3.80. The summed E-state index contributed by atoms with van der Waals surface area (Å²) < 4.78 is 10.0. The van der Waals surface area contributed by atoms with E-state index in [4.69, 9.17) is 9.47 Å². The van der Waals surface area contributed by atoms with E-state index in [1.54, 1.807) is 6.07 Å². The van der Waals surface area contributed by atoms with Crippen molar-refractivity contribution in [2.45, 2.75) is 12.0 Å². The molecule has 1 aliphatic heterocycles. The van der Waals surface area contributed by atoms with Gasteiger partial charge in [-0.3, -0.25) is 0 Å². The molecule has 0 aromatic heterocycles. The number of benzene rings is 2. The van der Waals surface area contributed by atoms with E-state index in [0.717, 1.165) is 10.8 Å². The first kappa shape index (κ1) is 15.0. The third-order valence-electron chi connectivity index (χ3n) is 3.80. The van der Waals surface area contributed by atoms with Crippen LogP contribution in [0.1, 0.15) is 12.0 Å². The molecule has 0 spiro atoms. The van der Waals surface area contributed by atoms with Gasteiger partial charge in [0.15, 0.2) is 0 Å². The summed E-state index contributed by atoms with van der Waals surface area (Å²) in [4.78, 5) is 28.7. The second kappa shape index (κ2) is 5.68. The van der Waals surface area contributed by atoms with Crippen LogP contribution >= 0.6 is 0 Å². The van der Waals surface area contributed by atoms with E-state index in [9.17, 15) is 9.59 Å². The van der Waals surface area contributed by atoms with Crippen molar-refractivity contribution < 1.29 is 19.1 Å². The fourth-order valence-electron chi connectivity index (χ4n) is 2.66. The number of carbonyl (C=O) groups excluding carboxylic acids is 2. The van der Waals surface area contributed by atoms with Crippen LogP contribution < -0.4 is 0 Å². The first-order valence-corrected chi connectivity index (χ1v) is 7.12. The largest absolute Gasteiger partial charge is 0.467 e. The number of aliphatic imine (C=N–C) groups is 1. The Balaban J connectivity index is 2.16. The van der Waals surface area contributed by atoms with Gasteiger partial charge in [-0.05, 0) is 16.8 Å². The van der Waals surface area contributed by atoms with E-state index >= 15 is 0 Å². The standard InChI is InChI=1S/C18H15NO4/c1-3-11-18(16(20)22-2)17(21)23-15(19-18)14-10-6-8-12-7-4-5-9-13(12)14/h3-10H,1,11H2,2H3. The van der Waals surface area contributed by atoms with Crippen molar-refractivity contribution in [3.05, 3.63) is 60.7 Å². The summed E-state index contributed by atoms with van der Waals surface area (Å²) in [5, 5.41) is 1.88. The van der Waals surface area contributed by atoms with Gasteiger partial charge in [0.2, 0.25) is 5.90 Å². The van der Waals surface area contributed by atoms with Crippen LogP contribution in [0.4, 0.5) is 0 Å². The Bertz CT molecular complexity index is 835. The van der Waals surface area contributed by atoms with Gasteiger partial charge < -0.3 is 9.47 Å². The van der Waals surface area contributed by atoms with E-state index in [-0.39, 0.29) is 12.3 Å². The Morgan fingerprint density at radius 2 is 2.04 bits per heavy atom. The number of esters is 2. The molecule has 116 valence electrons.